The number of aliphatic carboxylic acids is 1. The van der Waals surface area contributed by atoms with Gasteiger partial charge in [0.05, 0.1) is 0 Å². The summed E-state index contributed by atoms with van der Waals surface area (Å²) in [5.74, 6) is -0.832. The maximum Gasteiger partial charge on any atom is 0.303 e. The number of hydrogen-bond acceptors (Lipinski definition) is 5. The Balaban J connectivity index is 0.000000323. The molecule has 1 atom stereocenters. The van der Waals surface area contributed by atoms with E-state index in [-0.39, 0.29) is 5.76 Å². The van der Waals surface area contributed by atoms with Crippen LogP contribution in [0, 0.1) is 16.6 Å². The first kappa shape index (κ1) is 24.7. The van der Waals surface area contributed by atoms with Crippen molar-refractivity contribution in [3.8, 4) is 0 Å². The van der Waals surface area contributed by atoms with E-state index in [2.05, 4.69) is 12.1 Å². The van der Waals surface area contributed by atoms with Crippen molar-refractivity contribution in [3.05, 3.63) is 40.8 Å². The molecule has 1 unspecified atom stereocenters. The molecule has 1 fully saturated rings. The molecule has 1 heterocycles. The van der Waals surface area contributed by atoms with Crippen LogP contribution in [0.15, 0.2) is 33.9 Å². The van der Waals surface area contributed by atoms with Crippen LogP contribution >= 0.6 is 0 Å². The van der Waals surface area contributed by atoms with Crippen LogP contribution in [0.2, 0.25) is 0 Å². The monoisotopic (exact) mass is 433 g/mol. The summed E-state index contributed by atoms with van der Waals surface area (Å²) in [6, 6.07) is 4.72. The van der Waals surface area contributed by atoms with Crippen LogP contribution < -0.4 is 0 Å². The molecule has 0 amide bonds. The van der Waals surface area contributed by atoms with Crippen molar-refractivity contribution in [2.24, 2.45) is 11.1 Å². The average molecular weight is 434 g/mol. The number of nitrogens with zero attached hydrogens (tertiary/aromatic N) is 1. The fraction of sp³-hybridized carbons (Fsp3) is 0.583. The van der Waals surface area contributed by atoms with Crippen molar-refractivity contribution >= 4 is 22.7 Å². The number of carbonyl (C=O) groups excluding carboxylic acids is 1. The summed E-state index contributed by atoms with van der Waals surface area (Å²) in [4.78, 5) is 33.3. The molecule has 1 aromatic carbocycles. The third-order valence-corrected chi connectivity index (χ3v) is 5.72. The van der Waals surface area contributed by atoms with Crippen LogP contribution in [0.3, 0.4) is 0 Å². The van der Waals surface area contributed by atoms with Crippen LogP contribution in [-0.2, 0) is 4.79 Å². The summed E-state index contributed by atoms with van der Waals surface area (Å²) in [6.07, 6.45) is 10.7. The van der Waals surface area contributed by atoms with Gasteiger partial charge in [0.1, 0.15) is 11.4 Å². The number of Topliss-reactive ketones (excluding diaryl/α,β-unsaturated/α-hetero) is 1. The number of carboxylic acids is 1. The summed E-state index contributed by atoms with van der Waals surface area (Å²) in [6.45, 7) is 2.11. The van der Waals surface area contributed by atoms with Gasteiger partial charge in [0.25, 0.3) is 0 Å². The second-order valence-corrected chi connectivity index (χ2v) is 8.21. The van der Waals surface area contributed by atoms with Gasteiger partial charge in [0, 0.05) is 17.9 Å². The van der Waals surface area contributed by atoms with Crippen LogP contribution in [0.1, 0.15) is 88.1 Å². The molecule has 2 aromatic rings. The van der Waals surface area contributed by atoms with E-state index in [9.17, 15) is 18.9 Å². The highest BCUT2D eigenvalue weighted by Crippen LogP contribution is 2.30. The summed E-state index contributed by atoms with van der Waals surface area (Å²) in [7, 11) is 0. The van der Waals surface area contributed by atoms with Crippen LogP contribution in [0.4, 0.5) is 4.39 Å². The number of hydrogen-bond donors (Lipinski definition) is 1. The van der Waals surface area contributed by atoms with Crippen molar-refractivity contribution in [3.63, 3.8) is 0 Å². The molecule has 1 aromatic heterocycles. The van der Waals surface area contributed by atoms with Gasteiger partial charge >= 0.3 is 5.97 Å². The zero-order chi connectivity index (χ0) is 22.6. The maximum absolute atomic E-state index is 13.2. The Kier molecular flexibility index (Phi) is 10.3. The predicted octanol–water partition coefficient (Wildman–Crippen LogP) is 6.90. The lowest BCUT2D eigenvalue weighted by Crippen LogP contribution is -2.18. The zero-order valence-electron chi connectivity index (χ0n) is 18.1. The summed E-state index contributed by atoms with van der Waals surface area (Å²) in [5.41, 5.74) is 0.309. The lowest BCUT2D eigenvalue weighted by molar-refractivity contribution is -0.137. The van der Waals surface area contributed by atoms with Gasteiger partial charge in [-0.2, -0.15) is 4.91 Å². The first-order valence-corrected chi connectivity index (χ1v) is 11.2. The number of halogens is 1. The first-order chi connectivity index (χ1) is 14.9. The second kappa shape index (κ2) is 13.0. The highest BCUT2D eigenvalue weighted by Gasteiger charge is 2.26. The van der Waals surface area contributed by atoms with Gasteiger partial charge in [0.2, 0.25) is 5.78 Å². The van der Waals surface area contributed by atoms with Crippen molar-refractivity contribution in [1.29, 1.82) is 0 Å². The van der Waals surface area contributed by atoms with Gasteiger partial charge in [-0.15, -0.1) is 0 Å². The minimum Gasteiger partial charge on any atom is -0.481 e. The first-order valence-electron chi connectivity index (χ1n) is 11.2. The third kappa shape index (κ3) is 8.23. The fourth-order valence-electron chi connectivity index (χ4n) is 3.92. The molecule has 1 aliphatic rings. The Hall–Kier alpha value is -2.57. The van der Waals surface area contributed by atoms with E-state index in [4.69, 9.17) is 9.52 Å². The predicted molar refractivity (Wildman–Crippen MR) is 118 cm³/mol. The minimum atomic E-state index is -0.911. The highest BCUT2D eigenvalue weighted by molar-refractivity contribution is 6.01. The molecule has 31 heavy (non-hydrogen) atoms. The second-order valence-electron chi connectivity index (χ2n) is 8.21. The number of furan rings is 1. The standard InChI is InChI=1S/C17H18FNO3.C7H14O2/c18-13-7-6-12-9-16(22-15(12)10-13)17(20)14(19-21)8-5-11-3-1-2-4-11;1-2-3-4-5-6-7(8)9/h6-7,9-11,14H,1-5,8H2;2-6H2,1H3,(H,8,9). The Morgan fingerprint density at radius 3 is 2.58 bits per heavy atom. The molecular formula is C24H32FNO5. The SMILES string of the molecule is CCCCCCC(=O)O.O=NC(CCC1CCCC1)C(=O)c1cc2ccc(F)cc2o1. The Bertz CT molecular complexity index is 857. The van der Waals surface area contributed by atoms with Crippen LogP contribution in [0.25, 0.3) is 11.0 Å². The molecule has 1 saturated carbocycles. The Labute approximate surface area is 182 Å². The topological polar surface area (TPSA) is 96.9 Å². The van der Waals surface area contributed by atoms with Gasteiger partial charge in [0.15, 0.2) is 11.8 Å². The number of ketones is 1. The molecule has 0 saturated heterocycles. The number of fused-ring (bicyclic) bond motifs is 1. The number of carboxylic acid groups (broad SMARTS) is 1. The fourth-order valence-corrected chi connectivity index (χ4v) is 3.92. The van der Waals surface area contributed by atoms with E-state index >= 15 is 0 Å². The molecule has 0 spiro atoms. The molecule has 7 heteroatoms. The smallest absolute Gasteiger partial charge is 0.303 e. The molecule has 170 valence electrons. The number of rotatable bonds is 11. The molecule has 1 N–H and O–H groups in total. The average Bonchev–Trinajstić information content (AvgIpc) is 3.41. The minimum absolute atomic E-state index is 0.0802. The zero-order valence-corrected chi connectivity index (χ0v) is 18.1. The number of benzene rings is 1. The van der Waals surface area contributed by atoms with E-state index in [1.807, 2.05) is 0 Å². The molecule has 0 radical (unpaired) electrons. The third-order valence-electron chi connectivity index (χ3n) is 5.72. The van der Waals surface area contributed by atoms with Gasteiger partial charge in [-0.1, -0.05) is 57.0 Å². The Morgan fingerprint density at radius 1 is 1.19 bits per heavy atom. The van der Waals surface area contributed by atoms with E-state index in [0.717, 1.165) is 25.7 Å². The maximum atomic E-state index is 13.2. The molecule has 6 nitrogen and oxygen atoms in total. The molecule has 0 aliphatic heterocycles. The van der Waals surface area contributed by atoms with Crippen molar-refractivity contribution in [2.75, 3.05) is 0 Å². The number of carbonyl (C=O) groups is 2. The van der Waals surface area contributed by atoms with Gasteiger partial charge in [-0.05, 0) is 43.4 Å². The number of nitroso groups, excluding NO2 is 1. The van der Waals surface area contributed by atoms with Gasteiger partial charge in [-0.3, -0.25) is 9.59 Å². The van der Waals surface area contributed by atoms with Crippen LogP contribution in [-0.4, -0.2) is 22.9 Å². The van der Waals surface area contributed by atoms with Gasteiger partial charge in [-0.25, -0.2) is 4.39 Å². The molecule has 0 bridgehead atoms. The van der Waals surface area contributed by atoms with Crippen molar-refractivity contribution in [1.82, 2.24) is 0 Å². The van der Waals surface area contributed by atoms with E-state index in [0.29, 0.717) is 29.7 Å². The molecule has 3 rings (SSSR count). The quantitative estimate of drug-likeness (QED) is 0.236. The van der Waals surface area contributed by atoms with E-state index in [1.54, 1.807) is 12.1 Å². The molecular weight excluding hydrogens is 401 g/mol. The lowest BCUT2D eigenvalue weighted by Gasteiger charge is -2.10. The number of unbranched alkanes of at least 4 members (excludes halogenated alkanes) is 3. The van der Waals surface area contributed by atoms with Crippen LogP contribution in [0.5, 0.6) is 0 Å². The largest absolute Gasteiger partial charge is 0.481 e. The summed E-state index contributed by atoms with van der Waals surface area (Å²) in [5, 5.41) is 11.8. The summed E-state index contributed by atoms with van der Waals surface area (Å²) >= 11 is 0. The molecule has 1 aliphatic carbocycles. The summed E-state index contributed by atoms with van der Waals surface area (Å²) < 4.78 is 18.5. The van der Waals surface area contributed by atoms with Gasteiger partial charge < -0.3 is 9.52 Å². The van der Waals surface area contributed by atoms with E-state index < -0.39 is 23.6 Å². The Morgan fingerprint density at radius 2 is 1.94 bits per heavy atom. The van der Waals surface area contributed by atoms with Crippen molar-refractivity contribution in [2.45, 2.75) is 83.6 Å². The van der Waals surface area contributed by atoms with E-state index in [1.165, 1.54) is 44.2 Å². The lowest BCUT2D eigenvalue weighted by atomic mass is 9.96. The van der Waals surface area contributed by atoms with Crippen molar-refractivity contribution < 1.29 is 23.5 Å². The highest BCUT2D eigenvalue weighted by atomic mass is 19.1. The normalized spacial score (nSPS) is 14.8.